The van der Waals surface area contributed by atoms with E-state index in [-0.39, 0.29) is 0 Å². The SMILES string of the molecule is Cc1cc(-c2nnc(CN(C)[C@@H]3CCCC[C@@H]3C)o2)c(C)o1. The molecule has 2 atom stereocenters. The molecule has 2 aromatic rings. The Morgan fingerprint density at radius 2 is 1.95 bits per heavy atom. The number of nitrogens with zero attached hydrogens (tertiary/aromatic N) is 3. The molecule has 0 radical (unpaired) electrons. The molecular weight excluding hydrogens is 278 g/mol. The van der Waals surface area contributed by atoms with Gasteiger partial charge in [-0.3, -0.25) is 4.90 Å². The third-order valence-corrected chi connectivity index (χ3v) is 4.76. The van der Waals surface area contributed by atoms with Crippen molar-refractivity contribution in [3.63, 3.8) is 0 Å². The van der Waals surface area contributed by atoms with Crippen LogP contribution in [0, 0.1) is 19.8 Å². The third kappa shape index (κ3) is 3.09. The van der Waals surface area contributed by atoms with E-state index in [0.717, 1.165) is 23.0 Å². The molecule has 5 heteroatoms. The van der Waals surface area contributed by atoms with Gasteiger partial charge in [-0.25, -0.2) is 0 Å². The molecule has 0 bridgehead atoms. The lowest BCUT2D eigenvalue weighted by molar-refractivity contribution is 0.124. The summed E-state index contributed by atoms with van der Waals surface area (Å²) in [7, 11) is 2.16. The molecular formula is C17H25N3O2. The van der Waals surface area contributed by atoms with Gasteiger partial charge in [0.15, 0.2) is 0 Å². The van der Waals surface area contributed by atoms with Crippen LogP contribution in [0.5, 0.6) is 0 Å². The van der Waals surface area contributed by atoms with Gasteiger partial charge >= 0.3 is 0 Å². The lowest BCUT2D eigenvalue weighted by Gasteiger charge is -2.35. The molecule has 2 heterocycles. The summed E-state index contributed by atoms with van der Waals surface area (Å²) in [5, 5.41) is 8.38. The minimum atomic E-state index is 0.550. The zero-order chi connectivity index (χ0) is 15.7. The van der Waals surface area contributed by atoms with E-state index in [1.807, 2.05) is 19.9 Å². The second-order valence-electron chi connectivity index (χ2n) is 6.57. The van der Waals surface area contributed by atoms with E-state index in [0.29, 0.717) is 24.4 Å². The largest absolute Gasteiger partial charge is 0.466 e. The first-order chi connectivity index (χ1) is 10.5. The molecule has 3 rings (SSSR count). The Morgan fingerprint density at radius 3 is 2.64 bits per heavy atom. The average Bonchev–Trinajstić information content (AvgIpc) is 3.05. The first-order valence-corrected chi connectivity index (χ1v) is 8.14. The predicted molar refractivity (Wildman–Crippen MR) is 84.4 cm³/mol. The van der Waals surface area contributed by atoms with E-state index in [9.17, 15) is 0 Å². The summed E-state index contributed by atoms with van der Waals surface area (Å²) in [5.74, 6) is 3.64. The molecule has 5 nitrogen and oxygen atoms in total. The molecule has 0 aliphatic heterocycles. The van der Waals surface area contributed by atoms with Crippen LogP contribution < -0.4 is 0 Å². The summed E-state index contributed by atoms with van der Waals surface area (Å²) < 4.78 is 11.4. The molecule has 1 aliphatic carbocycles. The van der Waals surface area contributed by atoms with Gasteiger partial charge in [0.05, 0.1) is 12.1 Å². The fraction of sp³-hybridized carbons (Fsp3) is 0.647. The van der Waals surface area contributed by atoms with E-state index in [1.54, 1.807) is 0 Å². The Balaban J connectivity index is 1.70. The summed E-state index contributed by atoms with van der Waals surface area (Å²) in [6.07, 6.45) is 5.26. The van der Waals surface area contributed by atoms with Crippen LogP contribution in [0.2, 0.25) is 0 Å². The van der Waals surface area contributed by atoms with Gasteiger partial charge in [0.25, 0.3) is 5.89 Å². The predicted octanol–water partition coefficient (Wildman–Crippen LogP) is 3.96. The molecule has 2 aromatic heterocycles. The van der Waals surface area contributed by atoms with Crippen molar-refractivity contribution in [2.24, 2.45) is 5.92 Å². The quantitative estimate of drug-likeness (QED) is 0.855. The Labute approximate surface area is 131 Å². The Hall–Kier alpha value is -1.62. The molecule has 1 aliphatic rings. The van der Waals surface area contributed by atoms with Crippen molar-refractivity contribution < 1.29 is 8.83 Å². The van der Waals surface area contributed by atoms with Crippen molar-refractivity contribution in [3.8, 4) is 11.5 Å². The highest BCUT2D eigenvalue weighted by atomic mass is 16.4. The first kappa shape index (κ1) is 15.3. The third-order valence-electron chi connectivity index (χ3n) is 4.76. The lowest BCUT2D eigenvalue weighted by atomic mass is 9.85. The zero-order valence-corrected chi connectivity index (χ0v) is 13.9. The van der Waals surface area contributed by atoms with E-state index < -0.39 is 0 Å². The Bertz CT molecular complexity index is 632. The molecule has 0 N–H and O–H groups in total. The van der Waals surface area contributed by atoms with E-state index in [4.69, 9.17) is 8.83 Å². The van der Waals surface area contributed by atoms with E-state index >= 15 is 0 Å². The topological polar surface area (TPSA) is 55.3 Å². The van der Waals surface area contributed by atoms with Gasteiger partial charge in [-0.15, -0.1) is 10.2 Å². The summed E-state index contributed by atoms with van der Waals surface area (Å²) in [5.41, 5.74) is 0.893. The van der Waals surface area contributed by atoms with Crippen LogP contribution in [0.3, 0.4) is 0 Å². The minimum Gasteiger partial charge on any atom is -0.466 e. The second kappa shape index (κ2) is 6.24. The highest BCUT2D eigenvalue weighted by Gasteiger charge is 2.26. The van der Waals surface area contributed by atoms with Gasteiger partial charge in [-0.05, 0) is 45.7 Å². The second-order valence-corrected chi connectivity index (χ2v) is 6.57. The fourth-order valence-corrected chi connectivity index (χ4v) is 3.55. The lowest BCUT2D eigenvalue weighted by Crippen LogP contribution is -2.38. The van der Waals surface area contributed by atoms with Crippen LogP contribution in [-0.4, -0.2) is 28.2 Å². The molecule has 0 amide bonds. The summed E-state index contributed by atoms with van der Waals surface area (Å²) >= 11 is 0. The molecule has 0 unspecified atom stereocenters. The molecule has 22 heavy (non-hydrogen) atoms. The molecule has 0 saturated heterocycles. The highest BCUT2D eigenvalue weighted by molar-refractivity contribution is 5.55. The van der Waals surface area contributed by atoms with Gasteiger partial charge in [-0.2, -0.15) is 0 Å². The number of rotatable bonds is 4. The van der Waals surface area contributed by atoms with Crippen molar-refractivity contribution >= 4 is 0 Å². The Morgan fingerprint density at radius 1 is 1.18 bits per heavy atom. The maximum atomic E-state index is 5.84. The van der Waals surface area contributed by atoms with Gasteiger partial charge in [0.2, 0.25) is 5.89 Å². The molecule has 1 saturated carbocycles. The van der Waals surface area contributed by atoms with Crippen LogP contribution in [0.1, 0.15) is 50.0 Å². The Kier molecular flexibility index (Phi) is 4.34. The van der Waals surface area contributed by atoms with E-state index in [2.05, 4.69) is 29.1 Å². The van der Waals surface area contributed by atoms with Gasteiger partial charge in [0, 0.05) is 6.04 Å². The van der Waals surface area contributed by atoms with Crippen molar-refractivity contribution in [1.29, 1.82) is 0 Å². The summed E-state index contributed by atoms with van der Waals surface area (Å²) in [4.78, 5) is 2.36. The standard InChI is InChI=1S/C17H25N3O2/c1-11-7-5-6-8-15(11)20(4)10-16-18-19-17(22-16)14-9-12(2)21-13(14)3/h9,11,15H,5-8,10H2,1-4H3/t11-,15+/m0/s1. The van der Waals surface area contributed by atoms with Gasteiger partial charge in [0.1, 0.15) is 11.5 Å². The highest BCUT2D eigenvalue weighted by Crippen LogP contribution is 2.29. The van der Waals surface area contributed by atoms with Crippen molar-refractivity contribution in [1.82, 2.24) is 15.1 Å². The number of furan rings is 1. The maximum absolute atomic E-state index is 5.84. The number of aromatic nitrogens is 2. The van der Waals surface area contributed by atoms with Crippen LogP contribution in [0.25, 0.3) is 11.5 Å². The van der Waals surface area contributed by atoms with Crippen LogP contribution in [0.4, 0.5) is 0 Å². The number of hydrogen-bond acceptors (Lipinski definition) is 5. The van der Waals surface area contributed by atoms with E-state index in [1.165, 1.54) is 25.7 Å². The van der Waals surface area contributed by atoms with Crippen LogP contribution in [0.15, 0.2) is 14.9 Å². The number of aryl methyl sites for hydroxylation is 2. The van der Waals surface area contributed by atoms with Crippen molar-refractivity contribution in [2.75, 3.05) is 7.05 Å². The van der Waals surface area contributed by atoms with Gasteiger partial charge < -0.3 is 8.83 Å². The van der Waals surface area contributed by atoms with Crippen molar-refractivity contribution in [2.45, 2.75) is 59.0 Å². The normalized spacial score (nSPS) is 22.4. The van der Waals surface area contributed by atoms with Crippen molar-refractivity contribution in [3.05, 3.63) is 23.5 Å². The first-order valence-electron chi connectivity index (χ1n) is 8.14. The van der Waals surface area contributed by atoms with Crippen LogP contribution in [-0.2, 0) is 6.54 Å². The monoisotopic (exact) mass is 303 g/mol. The van der Waals surface area contributed by atoms with Crippen LogP contribution >= 0.6 is 0 Å². The zero-order valence-electron chi connectivity index (χ0n) is 13.9. The molecule has 0 aromatic carbocycles. The minimum absolute atomic E-state index is 0.550. The molecule has 0 spiro atoms. The fourth-order valence-electron chi connectivity index (χ4n) is 3.55. The molecule has 1 fully saturated rings. The summed E-state index contributed by atoms with van der Waals surface area (Å²) in [6, 6.07) is 2.56. The molecule has 120 valence electrons. The average molecular weight is 303 g/mol. The van der Waals surface area contributed by atoms with Gasteiger partial charge in [-0.1, -0.05) is 19.8 Å². The smallest absolute Gasteiger partial charge is 0.251 e. The summed E-state index contributed by atoms with van der Waals surface area (Å²) in [6.45, 7) is 6.89. The maximum Gasteiger partial charge on any atom is 0.251 e. The number of hydrogen-bond donors (Lipinski definition) is 0.